The molecule has 3 N–H and O–H groups in total. The molecule has 0 heterocycles. The lowest BCUT2D eigenvalue weighted by Crippen LogP contribution is -2.43. The summed E-state index contributed by atoms with van der Waals surface area (Å²) in [6, 6.07) is 0. The highest BCUT2D eigenvalue weighted by molar-refractivity contribution is 14.0. The molecule has 0 aromatic carbocycles. The summed E-state index contributed by atoms with van der Waals surface area (Å²) in [7, 11) is 0. The van der Waals surface area contributed by atoms with Gasteiger partial charge in [0, 0.05) is 25.0 Å². The van der Waals surface area contributed by atoms with Crippen molar-refractivity contribution in [2.24, 2.45) is 4.99 Å². The second-order valence-corrected chi connectivity index (χ2v) is 8.67. The maximum Gasteiger partial charge on any atom is 0.306 e. The van der Waals surface area contributed by atoms with Gasteiger partial charge in [0.2, 0.25) is 5.91 Å². The van der Waals surface area contributed by atoms with Crippen molar-refractivity contribution in [3.8, 4) is 0 Å². The second-order valence-electron chi connectivity index (χ2n) is 8.67. The summed E-state index contributed by atoms with van der Waals surface area (Å²) in [5.74, 6) is 0.424. The smallest absolute Gasteiger partial charge is 0.306 e. The molecule has 7 nitrogen and oxygen atoms in total. The summed E-state index contributed by atoms with van der Waals surface area (Å²) in [5.41, 5.74) is -0.662. The van der Waals surface area contributed by atoms with Gasteiger partial charge in [-0.1, -0.05) is 12.8 Å². The fourth-order valence-electron chi connectivity index (χ4n) is 2.30. The van der Waals surface area contributed by atoms with E-state index in [0.29, 0.717) is 12.4 Å². The molecule has 0 radical (unpaired) electrons. The van der Waals surface area contributed by atoms with Crippen molar-refractivity contribution in [2.75, 3.05) is 19.6 Å². The Balaban J connectivity index is 0. The van der Waals surface area contributed by atoms with Crippen LogP contribution in [0.3, 0.4) is 0 Å². The quantitative estimate of drug-likeness (QED) is 0.137. The molecule has 0 spiro atoms. The van der Waals surface area contributed by atoms with Gasteiger partial charge in [-0.15, -0.1) is 24.0 Å². The average molecular weight is 512 g/mol. The number of carbonyl (C=O) groups is 2. The zero-order chi connectivity index (χ0) is 20.9. The van der Waals surface area contributed by atoms with Gasteiger partial charge < -0.3 is 20.7 Å². The van der Waals surface area contributed by atoms with Crippen LogP contribution in [0.25, 0.3) is 0 Å². The summed E-state index contributed by atoms with van der Waals surface area (Å²) in [6.45, 7) is 15.1. The van der Waals surface area contributed by atoms with Gasteiger partial charge in [-0.3, -0.25) is 9.59 Å². The zero-order valence-electron chi connectivity index (χ0n) is 18.7. The Hall–Kier alpha value is -1.06. The van der Waals surface area contributed by atoms with Crippen LogP contribution in [0.2, 0.25) is 0 Å². The standard InChI is InChI=1S/C20H40N4O3.HI/c1-8-21-18(23-15-16(25)24-19(2,3)4)22-14-12-10-9-11-13-17(26)27-20(5,6)7;/h8-15H2,1-7H3,(H,24,25)(H2,21,22,23);1H. The Morgan fingerprint density at radius 2 is 1.54 bits per heavy atom. The third kappa shape index (κ3) is 19.7. The molecule has 0 aromatic heterocycles. The number of esters is 1. The molecule has 0 rings (SSSR count). The Morgan fingerprint density at radius 3 is 2.07 bits per heavy atom. The Labute approximate surface area is 188 Å². The van der Waals surface area contributed by atoms with E-state index >= 15 is 0 Å². The molecule has 0 unspecified atom stereocenters. The zero-order valence-corrected chi connectivity index (χ0v) is 21.1. The first kappa shape index (κ1) is 29.1. The lowest BCUT2D eigenvalue weighted by Gasteiger charge is -2.20. The first-order valence-electron chi connectivity index (χ1n) is 9.98. The van der Waals surface area contributed by atoms with Crippen LogP contribution in [0, 0.1) is 0 Å². The summed E-state index contributed by atoms with van der Waals surface area (Å²) >= 11 is 0. The fraction of sp³-hybridized carbons (Fsp3) is 0.850. The van der Waals surface area contributed by atoms with E-state index < -0.39 is 5.60 Å². The number of nitrogens with zero attached hydrogens (tertiary/aromatic N) is 1. The third-order valence-corrected chi connectivity index (χ3v) is 3.26. The summed E-state index contributed by atoms with van der Waals surface area (Å²) in [6.07, 6.45) is 4.31. The van der Waals surface area contributed by atoms with Gasteiger partial charge in [0.05, 0.1) is 0 Å². The van der Waals surface area contributed by atoms with Gasteiger partial charge in [0.25, 0.3) is 0 Å². The van der Waals surface area contributed by atoms with E-state index in [1.165, 1.54) is 0 Å². The Morgan fingerprint density at radius 1 is 0.929 bits per heavy atom. The highest BCUT2D eigenvalue weighted by Gasteiger charge is 2.15. The van der Waals surface area contributed by atoms with E-state index in [1.807, 2.05) is 48.5 Å². The third-order valence-electron chi connectivity index (χ3n) is 3.26. The van der Waals surface area contributed by atoms with Crippen molar-refractivity contribution in [3.05, 3.63) is 0 Å². The van der Waals surface area contributed by atoms with Crippen molar-refractivity contribution in [3.63, 3.8) is 0 Å². The van der Waals surface area contributed by atoms with Crippen molar-refractivity contribution in [1.29, 1.82) is 0 Å². The highest BCUT2D eigenvalue weighted by atomic mass is 127. The molecule has 0 aromatic rings. The van der Waals surface area contributed by atoms with Crippen LogP contribution >= 0.6 is 24.0 Å². The molecule has 8 heteroatoms. The number of hydrogen-bond acceptors (Lipinski definition) is 4. The minimum Gasteiger partial charge on any atom is -0.460 e. The first-order valence-corrected chi connectivity index (χ1v) is 9.98. The molecule has 166 valence electrons. The molecular weight excluding hydrogens is 471 g/mol. The van der Waals surface area contributed by atoms with Crippen molar-refractivity contribution in [2.45, 2.75) is 91.7 Å². The SMILES string of the molecule is CCNC(=NCC(=O)NC(C)(C)C)NCCCCCCC(=O)OC(C)(C)C.I. The van der Waals surface area contributed by atoms with Crippen LogP contribution < -0.4 is 16.0 Å². The van der Waals surface area contributed by atoms with E-state index in [9.17, 15) is 9.59 Å². The number of hydrogen-bond donors (Lipinski definition) is 3. The summed E-state index contributed by atoms with van der Waals surface area (Å²) in [4.78, 5) is 27.8. The van der Waals surface area contributed by atoms with Crippen molar-refractivity contribution >= 4 is 41.8 Å². The number of carbonyl (C=O) groups excluding carboxylic acids is 2. The molecule has 0 saturated carbocycles. The van der Waals surface area contributed by atoms with Gasteiger partial charge in [0.15, 0.2) is 5.96 Å². The summed E-state index contributed by atoms with van der Waals surface area (Å²) in [5, 5.41) is 9.26. The predicted molar refractivity (Wildman–Crippen MR) is 126 cm³/mol. The molecular formula is C20H41IN4O3. The number of aliphatic imine (C=N–C) groups is 1. The molecule has 0 aliphatic carbocycles. The Bertz CT molecular complexity index is 483. The number of ether oxygens (including phenoxy) is 1. The minimum absolute atomic E-state index is 0. The second kappa shape index (κ2) is 14.9. The number of amides is 1. The van der Waals surface area contributed by atoms with Crippen molar-refractivity contribution < 1.29 is 14.3 Å². The van der Waals surface area contributed by atoms with Crippen LogP contribution in [0.5, 0.6) is 0 Å². The maximum absolute atomic E-state index is 11.8. The lowest BCUT2D eigenvalue weighted by atomic mass is 10.1. The monoisotopic (exact) mass is 512 g/mol. The molecule has 0 fully saturated rings. The van der Waals surface area contributed by atoms with E-state index in [2.05, 4.69) is 20.9 Å². The van der Waals surface area contributed by atoms with Crippen molar-refractivity contribution in [1.82, 2.24) is 16.0 Å². The molecule has 1 amide bonds. The predicted octanol–water partition coefficient (Wildman–Crippen LogP) is 3.37. The van der Waals surface area contributed by atoms with Gasteiger partial charge in [0.1, 0.15) is 12.1 Å². The molecule has 0 aliphatic heterocycles. The molecule has 0 bridgehead atoms. The number of unbranched alkanes of at least 4 members (excludes halogenated alkanes) is 3. The van der Waals surface area contributed by atoms with E-state index in [-0.39, 0.29) is 47.9 Å². The highest BCUT2D eigenvalue weighted by Crippen LogP contribution is 2.10. The first-order chi connectivity index (χ1) is 12.4. The fourth-order valence-corrected chi connectivity index (χ4v) is 2.30. The van der Waals surface area contributed by atoms with Crippen LogP contribution in [-0.4, -0.2) is 48.6 Å². The molecule has 0 atom stereocenters. The number of rotatable bonds is 10. The van der Waals surface area contributed by atoms with Gasteiger partial charge in [-0.05, 0) is 61.3 Å². The largest absolute Gasteiger partial charge is 0.460 e. The Kier molecular flexibility index (Phi) is 15.5. The molecule has 0 aliphatic rings. The number of guanidine groups is 1. The van der Waals surface area contributed by atoms with Gasteiger partial charge in [-0.2, -0.15) is 0 Å². The normalized spacial score (nSPS) is 12.0. The van der Waals surface area contributed by atoms with Crippen LogP contribution in [0.15, 0.2) is 4.99 Å². The number of halogens is 1. The molecule has 28 heavy (non-hydrogen) atoms. The molecule has 0 saturated heterocycles. The van der Waals surface area contributed by atoms with Crippen LogP contribution in [0.4, 0.5) is 0 Å². The van der Waals surface area contributed by atoms with Crippen LogP contribution in [-0.2, 0) is 14.3 Å². The number of nitrogens with one attached hydrogen (secondary N) is 3. The van der Waals surface area contributed by atoms with E-state index in [1.54, 1.807) is 0 Å². The van der Waals surface area contributed by atoms with Gasteiger partial charge in [-0.25, -0.2) is 4.99 Å². The van der Waals surface area contributed by atoms with E-state index in [0.717, 1.165) is 38.8 Å². The average Bonchev–Trinajstić information content (AvgIpc) is 2.48. The maximum atomic E-state index is 11.8. The summed E-state index contributed by atoms with van der Waals surface area (Å²) < 4.78 is 5.29. The van der Waals surface area contributed by atoms with Crippen LogP contribution in [0.1, 0.15) is 80.6 Å². The minimum atomic E-state index is -0.410. The topological polar surface area (TPSA) is 91.8 Å². The van der Waals surface area contributed by atoms with Gasteiger partial charge >= 0.3 is 5.97 Å². The van der Waals surface area contributed by atoms with E-state index in [4.69, 9.17) is 4.74 Å². The lowest BCUT2D eigenvalue weighted by molar-refractivity contribution is -0.154.